The Kier molecular flexibility index (Phi) is 3.17. The van der Waals surface area contributed by atoms with Crippen LogP contribution < -0.4 is 4.74 Å². The number of rotatable bonds is 4. The molecule has 6 heteroatoms. The number of aryl methyl sites for hydroxylation is 1. The van der Waals surface area contributed by atoms with E-state index in [1.165, 1.54) is 10.7 Å². The minimum Gasteiger partial charge on any atom is -0.422 e. The molecule has 1 saturated carbocycles. The van der Waals surface area contributed by atoms with Crippen molar-refractivity contribution in [2.75, 3.05) is 0 Å². The smallest absolute Gasteiger partial charge is 0.333 e. The van der Waals surface area contributed by atoms with Crippen LogP contribution in [0.25, 0.3) is 0 Å². The first-order chi connectivity index (χ1) is 10.7. The number of nitrogens with zero attached hydrogens (tertiary/aromatic N) is 3. The van der Waals surface area contributed by atoms with Gasteiger partial charge in [0.25, 0.3) is 0 Å². The first-order valence-electron chi connectivity index (χ1n) is 7.61. The molecule has 0 saturated heterocycles. The standard InChI is InChI=1S/C16H16FN3O2/c17-16-12-3-1-2-10(12)6-7-14(16)22-15(21)9-20-8-13(18-19-20)11-4-5-11/h6-8,11H,1-5,9H2. The lowest BCUT2D eigenvalue weighted by molar-refractivity contribution is -0.135. The van der Waals surface area contributed by atoms with Crippen LogP contribution in [0.5, 0.6) is 5.75 Å². The van der Waals surface area contributed by atoms with E-state index in [2.05, 4.69) is 10.3 Å². The van der Waals surface area contributed by atoms with Crippen LogP contribution in [0.1, 0.15) is 42.0 Å². The van der Waals surface area contributed by atoms with Gasteiger partial charge < -0.3 is 4.74 Å². The Bertz CT molecular complexity index is 737. The van der Waals surface area contributed by atoms with Crippen molar-refractivity contribution in [2.45, 2.75) is 44.6 Å². The molecule has 0 radical (unpaired) electrons. The highest BCUT2D eigenvalue weighted by Crippen LogP contribution is 2.38. The van der Waals surface area contributed by atoms with Gasteiger partial charge in [0, 0.05) is 12.1 Å². The fraction of sp³-hybridized carbons (Fsp3) is 0.438. The predicted octanol–water partition coefficient (Wildman–Crippen LogP) is 2.39. The molecule has 1 aromatic heterocycles. The summed E-state index contributed by atoms with van der Waals surface area (Å²) >= 11 is 0. The average molecular weight is 301 g/mol. The molecule has 114 valence electrons. The number of esters is 1. The number of aromatic nitrogens is 3. The maximum absolute atomic E-state index is 14.3. The van der Waals surface area contributed by atoms with E-state index >= 15 is 0 Å². The van der Waals surface area contributed by atoms with Gasteiger partial charge in [-0.3, -0.25) is 0 Å². The monoisotopic (exact) mass is 301 g/mol. The molecule has 4 rings (SSSR count). The van der Waals surface area contributed by atoms with Crippen molar-refractivity contribution in [1.29, 1.82) is 0 Å². The maximum Gasteiger partial charge on any atom is 0.333 e. The second-order valence-corrected chi connectivity index (χ2v) is 5.96. The van der Waals surface area contributed by atoms with Crippen molar-refractivity contribution in [3.63, 3.8) is 0 Å². The molecule has 5 nitrogen and oxygen atoms in total. The largest absolute Gasteiger partial charge is 0.422 e. The summed E-state index contributed by atoms with van der Waals surface area (Å²) in [5.41, 5.74) is 2.61. The zero-order chi connectivity index (χ0) is 15.1. The summed E-state index contributed by atoms with van der Waals surface area (Å²) in [5, 5.41) is 7.95. The Balaban J connectivity index is 1.45. The molecular formula is C16H16FN3O2. The van der Waals surface area contributed by atoms with Crippen LogP contribution in [0.4, 0.5) is 4.39 Å². The van der Waals surface area contributed by atoms with E-state index in [4.69, 9.17) is 4.74 Å². The van der Waals surface area contributed by atoms with E-state index in [1.54, 1.807) is 6.20 Å². The molecule has 0 bridgehead atoms. The molecule has 0 amide bonds. The molecule has 0 spiro atoms. The highest BCUT2D eigenvalue weighted by Gasteiger charge is 2.27. The van der Waals surface area contributed by atoms with Gasteiger partial charge >= 0.3 is 5.97 Å². The number of ether oxygens (including phenoxy) is 1. The van der Waals surface area contributed by atoms with E-state index in [0.717, 1.165) is 36.9 Å². The first kappa shape index (κ1) is 13.4. The van der Waals surface area contributed by atoms with Crippen molar-refractivity contribution < 1.29 is 13.9 Å². The summed E-state index contributed by atoms with van der Waals surface area (Å²) in [6, 6.07) is 3.38. The third kappa shape index (κ3) is 2.49. The number of halogens is 1. The number of fused-ring (bicyclic) bond motifs is 1. The lowest BCUT2D eigenvalue weighted by Gasteiger charge is -2.08. The summed E-state index contributed by atoms with van der Waals surface area (Å²) in [4.78, 5) is 12.0. The Morgan fingerprint density at radius 3 is 3.05 bits per heavy atom. The molecule has 0 atom stereocenters. The average Bonchev–Trinajstić information content (AvgIpc) is 3.05. The van der Waals surface area contributed by atoms with Crippen molar-refractivity contribution in [3.8, 4) is 5.75 Å². The van der Waals surface area contributed by atoms with Gasteiger partial charge in [-0.2, -0.15) is 0 Å². The third-order valence-electron chi connectivity index (χ3n) is 4.24. The van der Waals surface area contributed by atoms with Gasteiger partial charge in [0.05, 0.1) is 5.69 Å². The lowest BCUT2D eigenvalue weighted by Crippen LogP contribution is -2.17. The Morgan fingerprint density at radius 1 is 1.36 bits per heavy atom. The Labute approximate surface area is 127 Å². The highest BCUT2D eigenvalue weighted by molar-refractivity contribution is 5.72. The lowest BCUT2D eigenvalue weighted by atomic mass is 10.1. The molecule has 0 N–H and O–H groups in total. The number of benzene rings is 1. The van der Waals surface area contributed by atoms with E-state index in [9.17, 15) is 9.18 Å². The van der Waals surface area contributed by atoms with E-state index < -0.39 is 11.8 Å². The molecule has 2 aliphatic carbocycles. The zero-order valence-electron chi connectivity index (χ0n) is 12.1. The fourth-order valence-corrected chi connectivity index (χ4v) is 2.92. The van der Waals surface area contributed by atoms with Gasteiger partial charge in [0.15, 0.2) is 11.6 Å². The molecular weight excluding hydrogens is 285 g/mol. The van der Waals surface area contributed by atoms with E-state index in [1.807, 2.05) is 6.07 Å². The molecule has 1 fully saturated rings. The van der Waals surface area contributed by atoms with Crippen molar-refractivity contribution >= 4 is 5.97 Å². The number of carbonyl (C=O) groups is 1. The number of hydrogen-bond donors (Lipinski definition) is 0. The molecule has 1 heterocycles. The summed E-state index contributed by atoms with van der Waals surface area (Å²) in [6.07, 6.45) is 6.57. The van der Waals surface area contributed by atoms with Gasteiger partial charge in [-0.05, 0) is 49.3 Å². The zero-order valence-corrected chi connectivity index (χ0v) is 12.1. The molecule has 2 aromatic rings. The SMILES string of the molecule is O=C(Cn1cc(C2CC2)nn1)Oc1ccc2c(c1F)CCC2. The van der Waals surface area contributed by atoms with Crippen LogP contribution in [-0.4, -0.2) is 21.0 Å². The van der Waals surface area contributed by atoms with Gasteiger partial charge in [-0.25, -0.2) is 13.9 Å². The second-order valence-electron chi connectivity index (χ2n) is 5.96. The molecule has 22 heavy (non-hydrogen) atoms. The Morgan fingerprint density at radius 2 is 2.23 bits per heavy atom. The van der Waals surface area contributed by atoms with Crippen LogP contribution in [0.15, 0.2) is 18.3 Å². The highest BCUT2D eigenvalue weighted by atomic mass is 19.1. The third-order valence-corrected chi connectivity index (χ3v) is 4.24. The molecule has 0 aliphatic heterocycles. The first-order valence-corrected chi connectivity index (χ1v) is 7.61. The van der Waals surface area contributed by atoms with Crippen molar-refractivity contribution in [2.24, 2.45) is 0 Å². The molecule has 2 aliphatic rings. The fourth-order valence-electron chi connectivity index (χ4n) is 2.92. The van der Waals surface area contributed by atoms with Gasteiger partial charge in [0.1, 0.15) is 6.54 Å². The summed E-state index contributed by atoms with van der Waals surface area (Å²) in [5.74, 6) is -0.447. The van der Waals surface area contributed by atoms with E-state index in [-0.39, 0.29) is 12.3 Å². The van der Waals surface area contributed by atoms with Crippen LogP contribution in [-0.2, 0) is 24.2 Å². The summed E-state index contributed by atoms with van der Waals surface area (Å²) < 4.78 is 20.9. The topological polar surface area (TPSA) is 57.0 Å². The van der Waals surface area contributed by atoms with Crippen LogP contribution in [0.2, 0.25) is 0 Å². The second kappa shape index (κ2) is 5.19. The Hall–Kier alpha value is -2.24. The van der Waals surface area contributed by atoms with Crippen LogP contribution >= 0.6 is 0 Å². The minimum absolute atomic E-state index is 0.00758. The molecule has 0 unspecified atom stereocenters. The quantitative estimate of drug-likeness (QED) is 0.643. The summed E-state index contributed by atoms with van der Waals surface area (Å²) in [6.45, 7) is -0.0593. The predicted molar refractivity (Wildman–Crippen MR) is 76.1 cm³/mol. The van der Waals surface area contributed by atoms with Crippen molar-refractivity contribution in [1.82, 2.24) is 15.0 Å². The number of hydrogen-bond acceptors (Lipinski definition) is 4. The van der Waals surface area contributed by atoms with Crippen molar-refractivity contribution in [3.05, 3.63) is 41.0 Å². The minimum atomic E-state index is -0.538. The normalized spacial score (nSPS) is 16.6. The van der Waals surface area contributed by atoms with E-state index in [0.29, 0.717) is 17.9 Å². The van der Waals surface area contributed by atoms with Crippen LogP contribution in [0, 0.1) is 5.82 Å². The van der Waals surface area contributed by atoms with Crippen LogP contribution in [0.3, 0.4) is 0 Å². The maximum atomic E-state index is 14.3. The number of carbonyl (C=O) groups excluding carboxylic acids is 1. The van der Waals surface area contributed by atoms with Gasteiger partial charge in [0.2, 0.25) is 0 Å². The van der Waals surface area contributed by atoms with Gasteiger partial charge in [-0.15, -0.1) is 5.10 Å². The summed E-state index contributed by atoms with van der Waals surface area (Å²) in [7, 11) is 0. The molecule has 1 aromatic carbocycles. The van der Waals surface area contributed by atoms with Gasteiger partial charge in [-0.1, -0.05) is 11.3 Å².